The van der Waals surface area contributed by atoms with Crippen molar-refractivity contribution in [2.24, 2.45) is 0 Å². The monoisotopic (exact) mass is 229 g/mol. The van der Waals surface area contributed by atoms with Crippen molar-refractivity contribution in [3.63, 3.8) is 0 Å². The lowest BCUT2D eigenvalue weighted by Gasteiger charge is -2.04. The Balaban J connectivity index is 2.33. The van der Waals surface area contributed by atoms with Crippen LogP contribution in [0, 0.1) is 6.92 Å². The lowest BCUT2D eigenvalue weighted by Crippen LogP contribution is -1.95. The van der Waals surface area contributed by atoms with E-state index in [4.69, 9.17) is 16.0 Å². The van der Waals surface area contributed by atoms with Crippen LogP contribution < -0.4 is 0 Å². The molecule has 0 aliphatic rings. The van der Waals surface area contributed by atoms with Gasteiger partial charge < -0.3 is 9.52 Å². The molecular weight excluding hydrogens is 222 g/mol. The topological polar surface area (TPSA) is 46.3 Å². The minimum absolute atomic E-state index is 0.226. The largest absolute Gasteiger partial charge is 0.453 e. The first-order valence-electron chi connectivity index (χ1n) is 4.02. The smallest absolute Gasteiger partial charge is 0.199 e. The first kappa shape index (κ1) is 9.71. The molecule has 74 valence electrons. The molecule has 2 aromatic heterocycles. The minimum atomic E-state index is -0.743. The zero-order valence-electron chi connectivity index (χ0n) is 7.40. The second-order valence-corrected chi connectivity index (χ2v) is 4.10. The SMILES string of the molecule is Cc1cc(C(O)c2ccoc2Cl)sn1. The van der Waals surface area contributed by atoms with Crippen LogP contribution >= 0.6 is 23.1 Å². The van der Waals surface area contributed by atoms with Gasteiger partial charge in [0.2, 0.25) is 0 Å². The van der Waals surface area contributed by atoms with Gasteiger partial charge in [0.15, 0.2) is 5.22 Å². The maximum absolute atomic E-state index is 9.90. The number of aromatic nitrogens is 1. The molecule has 0 bridgehead atoms. The molecule has 0 saturated heterocycles. The van der Waals surface area contributed by atoms with Crippen molar-refractivity contribution in [2.75, 3.05) is 0 Å². The third-order valence-electron chi connectivity index (χ3n) is 1.86. The number of aliphatic hydroxyl groups is 1. The van der Waals surface area contributed by atoms with E-state index in [-0.39, 0.29) is 5.22 Å². The van der Waals surface area contributed by atoms with Crippen molar-refractivity contribution in [3.8, 4) is 0 Å². The van der Waals surface area contributed by atoms with Crippen molar-refractivity contribution < 1.29 is 9.52 Å². The van der Waals surface area contributed by atoms with Gasteiger partial charge in [-0.15, -0.1) is 0 Å². The molecule has 1 unspecified atom stereocenters. The molecule has 5 heteroatoms. The Kier molecular flexibility index (Phi) is 2.58. The summed E-state index contributed by atoms with van der Waals surface area (Å²) in [5, 5.41) is 10.1. The Morgan fingerprint density at radius 2 is 2.43 bits per heavy atom. The lowest BCUT2D eigenvalue weighted by molar-refractivity contribution is 0.223. The summed E-state index contributed by atoms with van der Waals surface area (Å²) in [4.78, 5) is 0.769. The molecule has 0 aromatic carbocycles. The van der Waals surface area contributed by atoms with Gasteiger partial charge in [-0.3, -0.25) is 0 Å². The molecule has 1 atom stereocenters. The summed E-state index contributed by atoms with van der Waals surface area (Å²) in [6.45, 7) is 1.88. The minimum Gasteiger partial charge on any atom is -0.453 e. The fourth-order valence-corrected chi connectivity index (χ4v) is 2.13. The van der Waals surface area contributed by atoms with E-state index in [0.717, 1.165) is 10.6 Å². The number of hydrogen-bond acceptors (Lipinski definition) is 4. The van der Waals surface area contributed by atoms with Crippen LogP contribution in [-0.2, 0) is 0 Å². The van der Waals surface area contributed by atoms with E-state index in [1.54, 1.807) is 6.07 Å². The van der Waals surface area contributed by atoms with Crippen LogP contribution in [-0.4, -0.2) is 9.48 Å². The van der Waals surface area contributed by atoms with E-state index in [1.165, 1.54) is 17.8 Å². The molecule has 0 aliphatic heterocycles. The summed E-state index contributed by atoms with van der Waals surface area (Å²) in [5.74, 6) is 0. The number of rotatable bonds is 2. The summed E-state index contributed by atoms with van der Waals surface area (Å²) >= 11 is 7.01. The van der Waals surface area contributed by atoms with Crippen LogP contribution in [0.15, 0.2) is 22.8 Å². The van der Waals surface area contributed by atoms with Crippen LogP contribution in [0.25, 0.3) is 0 Å². The number of aryl methyl sites for hydroxylation is 1. The molecule has 2 rings (SSSR count). The van der Waals surface area contributed by atoms with Gasteiger partial charge in [0.25, 0.3) is 0 Å². The highest BCUT2D eigenvalue weighted by molar-refractivity contribution is 7.05. The van der Waals surface area contributed by atoms with E-state index in [2.05, 4.69) is 4.37 Å². The van der Waals surface area contributed by atoms with Crippen LogP contribution in [0.2, 0.25) is 5.22 Å². The first-order valence-corrected chi connectivity index (χ1v) is 5.18. The van der Waals surface area contributed by atoms with E-state index in [0.29, 0.717) is 5.56 Å². The Morgan fingerprint density at radius 3 is 2.93 bits per heavy atom. The predicted octanol–water partition coefficient (Wildman–Crippen LogP) is 2.78. The predicted molar refractivity (Wildman–Crippen MR) is 54.6 cm³/mol. The van der Waals surface area contributed by atoms with E-state index in [9.17, 15) is 5.11 Å². The highest BCUT2D eigenvalue weighted by atomic mass is 35.5. The molecule has 0 radical (unpaired) electrons. The quantitative estimate of drug-likeness (QED) is 0.862. The highest BCUT2D eigenvalue weighted by Crippen LogP contribution is 2.31. The summed E-state index contributed by atoms with van der Waals surface area (Å²) < 4.78 is 8.99. The lowest BCUT2D eigenvalue weighted by atomic mass is 10.1. The molecule has 1 N–H and O–H groups in total. The molecule has 0 saturated carbocycles. The zero-order valence-corrected chi connectivity index (χ0v) is 8.97. The Labute approximate surface area is 90.1 Å². The zero-order chi connectivity index (χ0) is 10.1. The van der Waals surface area contributed by atoms with Crippen molar-refractivity contribution in [1.29, 1.82) is 0 Å². The van der Waals surface area contributed by atoms with E-state index in [1.807, 2.05) is 13.0 Å². The third kappa shape index (κ3) is 1.68. The first-order chi connectivity index (χ1) is 6.68. The molecule has 3 nitrogen and oxygen atoms in total. The fraction of sp³-hybridized carbons (Fsp3) is 0.222. The van der Waals surface area contributed by atoms with Crippen molar-refractivity contribution >= 4 is 23.1 Å². The van der Waals surface area contributed by atoms with Gasteiger partial charge in [-0.2, -0.15) is 4.37 Å². The summed E-state index contributed by atoms with van der Waals surface area (Å²) in [6.07, 6.45) is 0.710. The average Bonchev–Trinajstić information content (AvgIpc) is 2.73. The molecule has 0 amide bonds. The maximum Gasteiger partial charge on any atom is 0.199 e. The van der Waals surface area contributed by atoms with Gasteiger partial charge in [0.1, 0.15) is 6.10 Å². The number of furan rings is 1. The molecule has 0 spiro atoms. The van der Waals surface area contributed by atoms with Crippen LogP contribution in [0.4, 0.5) is 0 Å². The number of nitrogens with zero attached hydrogens (tertiary/aromatic N) is 1. The van der Waals surface area contributed by atoms with Gasteiger partial charge in [-0.1, -0.05) is 0 Å². The second kappa shape index (κ2) is 3.73. The van der Waals surface area contributed by atoms with Crippen LogP contribution in [0.5, 0.6) is 0 Å². The summed E-state index contributed by atoms with van der Waals surface area (Å²) in [5.41, 5.74) is 1.47. The van der Waals surface area contributed by atoms with Gasteiger partial charge in [0.05, 0.1) is 16.8 Å². The Hall–Kier alpha value is -0.840. The molecular formula is C9H8ClNO2S. The van der Waals surface area contributed by atoms with E-state index >= 15 is 0 Å². The average molecular weight is 230 g/mol. The normalized spacial score (nSPS) is 13.1. The number of halogens is 1. The maximum atomic E-state index is 9.90. The fourth-order valence-electron chi connectivity index (χ4n) is 1.16. The van der Waals surface area contributed by atoms with Gasteiger partial charge in [-0.05, 0) is 42.2 Å². The Morgan fingerprint density at radius 1 is 1.64 bits per heavy atom. The van der Waals surface area contributed by atoms with Crippen LogP contribution in [0.1, 0.15) is 22.2 Å². The molecule has 14 heavy (non-hydrogen) atoms. The van der Waals surface area contributed by atoms with Crippen molar-refractivity contribution in [1.82, 2.24) is 4.37 Å². The number of aliphatic hydroxyl groups excluding tert-OH is 1. The number of hydrogen-bond donors (Lipinski definition) is 1. The standard InChI is InChI=1S/C9H8ClNO2S/c1-5-4-7(14-11-5)8(12)6-2-3-13-9(6)10/h2-4,8,12H,1H3. The summed E-state index contributed by atoms with van der Waals surface area (Å²) in [7, 11) is 0. The summed E-state index contributed by atoms with van der Waals surface area (Å²) in [6, 6.07) is 3.49. The van der Waals surface area contributed by atoms with Crippen molar-refractivity contribution in [3.05, 3.63) is 39.7 Å². The molecule has 2 heterocycles. The van der Waals surface area contributed by atoms with Gasteiger partial charge >= 0.3 is 0 Å². The molecule has 0 fully saturated rings. The van der Waals surface area contributed by atoms with E-state index < -0.39 is 6.10 Å². The molecule has 0 aliphatic carbocycles. The van der Waals surface area contributed by atoms with Gasteiger partial charge in [-0.25, -0.2) is 0 Å². The van der Waals surface area contributed by atoms with Crippen LogP contribution in [0.3, 0.4) is 0 Å². The molecule has 2 aromatic rings. The van der Waals surface area contributed by atoms with Crippen molar-refractivity contribution in [2.45, 2.75) is 13.0 Å². The van der Waals surface area contributed by atoms with Gasteiger partial charge in [0, 0.05) is 5.56 Å². The Bertz CT molecular complexity index is 437. The third-order valence-corrected chi connectivity index (χ3v) is 3.09. The second-order valence-electron chi connectivity index (χ2n) is 2.92. The highest BCUT2D eigenvalue weighted by Gasteiger charge is 2.18.